The molecule has 5 heteroatoms. The number of nitrogens with one attached hydrogen (secondary N) is 1. The molecule has 1 N–H and O–H groups in total. The van der Waals surface area contributed by atoms with Crippen molar-refractivity contribution in [3.8, 4) is 0 Å². The molecule has 1 saturated heterocycles. The maximum atomic E-state index is 5.52. The lowest BCUT2D eigenvalue weighted by molar-refractivity contribution is 0.104. The predicted molar refractivity (Wildman–Crippen MR) is 59.0 cm³/mol. The molecule has 0 radical (unpaired) electrons. The van der Waals surface area contributed by atoms with Crippen molar-refractivity contribution in [2.75, 3.05) is 6.61 Å². The highest BCUT2D eigenvalue weighted by molar-refractivity contribution is 4.89. The second kappa shape index (κ2) is 5.41. The summed E-state index contributed by atoms with van der Waals surface area (Å²) in [5.74, 6) is 1.41. The molecule has 1 aromatic heterocycles. The van der Waals surface area contributed by atoms with Gasteiger partial charge in [0.15, 0.2) is 5.82 Å². The maximum absolute atomic E-state index is 5.52. The number of rotatable bonds is 5. The van der Waals surface area contributed by atoms with Gasteiger partial charge in [-0.15, -0.1) is 0 Å². The molecular weight excluding hydrogens is 206 g/mol. The highest BCUT2D eigenvalue weighted by Crippen LogP contribution is 2.16. The molecule has 0 spiro atoms. The van der Waals surface area contributed by atoms with E-state index in [0.717, 1.165) is 31.7 Å². The van der Waals surface area contributed by atoms with Gasteiger partial charge in [0, 0.05) is 12.6 Å². The Labute approximate surface area is 95.6 Å². The quantitative estimate of drug-likeness (QED) is 0.818. The van der Waals surface area contributed by atoms with E-state index in [4.69, 9.17) is 9.26 Å². The smallest absolute Gasteiger partial charge is 0.229 e. The molecule has 1 aliphatic heterocycles. The molecular formula is C11H19N3O2. The summed E-state index contributed by atoms with van der Waals surface area (Å²) in [6.45, 7) is 5.70. The Balaban J connectivity index is 1.81. The fraction of sp³-hybridized carbons (Fsp3) is 0.818. The summed E-state index contributed by atoms with van der Waals surface area (Å²) in [4.78, 5) is 4.33. The molecule has 0 amide bonds. The monoisotopic (exact) mass is 225 g/mol. The van der Waals surface area contributed by atoms with Gasteiger partial charge in [-0.2, -0.15) is 4.98 Å². The fourth-order valence-electron chi connectivity index (χ4n) is 1.74. The van der Waals surface area contributed by atoms with Gasteiger partial charge >= 0.3 is 0 Å². The molecule has 1 fully saturated rings. The second-order valence-corrected chi connectivity index (χ2v) is 4.48. The van der Waals surface area contributed by atoms with Crippen molar-refractivity contribution in [3.63, 3.8) is 0 Å². The molecule has 1 atom stereocenters. The van der Waals surface area contributed by atoms with Crippen LogP contribution < -0.4 is 5.32 Å². The van der Waals surface area contributed by atoms with Crippen molar-refractivity contribution in [3.05, 3.63) is 11.7 Å². The Morgan fingerprint density at radius 1 is 1.50 bits per heavy atom. The highest BCUT2D eigenvalue weighted by atomic mass is 16.5. The number of aromatic nitrogens is 2. The van der Waals surface area contributed by atoms with Crippen LogP contribution in [0.3, 0.4) is 0 Å². The zero-order chi connectivity index (χ0) is 11.4. The van der Waals surface area contributed by atoms with Crippen molar-refractivity contribution >= 4 is 0 Å². The third kappa shape index (κ3) is 3.28. The average molecular weight is 225 g/mol. The van der Waals surface area contributed by atoms with Gasteiger partial charge in [0.2, 0.25) is 5.89 Å². The van der Waals surface area contributed by atoms with E-state index in [9.17, 15) is 0 Å². The largest absolute Gasteiger partial charge is 0.378 e. The van der Waals surface area contributed by atoms with Gasteiger partial charge in [-0.3, -0.25) is 0 Å². The lowest BCUT2D eigenvalue weighted by Crippen LogP contribution is -2.22. The SMILES string of the molecule is CC(C)NCc1noc(CC2CCCO2)n1. The normalized spacial score (nSPS) is 20.8. The summed E-state index contributed by atoms with van der Waals surface area (Å²) in [5, 5.41) is 7.18. The van der Waals surface area contributed by atoms with Gasteiger partial charge in [-0.25, -0.2) is 0 Å². The standard InChI is InChI=1S/C11H19N3O2/c1-8(2)12-7-10-13-11(16-14-10)6-9-4-3-5-15-9/h8-9,12H,3-7H2,1-2H3. The second-order valence-electron chi connectivity index (χ2n) is 4.48. The fourth-order valence-corrected chi connectivity index (χ4v) is 1.74. The van der Waals surface area contributed by atoms with Crippen LogP contribution in [-0.4, -0.2) is 28.9 Å². The number of nitrogens with zero attached hydrogens (tertiary/aromatic N) is 2. The summed E-state index contributed by atoms with van der Waals surface area (Å²) >= 11 is 0. The Morgan fingerprint density at radius 2 is 2.38 bits per heavy atom. The van der Waals surface area contributed by atoms with E-state index >= 15 is 0 Å². The van der Waals surface area contributed by atoms with E-state index in [-0.39, 0.29) is 6.10 Å². The third-order valence-corrected chi connectivity index (χ3v) is 2.60. The van der Waals surface area contributed by atoms with Crippen LogP contribution in [0.4, 0.5) is 0 Å². The van der Waals surface area contributed by atoms with Crippen LogP contribution in [0.25, 0.3) is 0 Å². The highest BCUT2D eigenvalue weighted by Gasteiger charge is 2.19. The van der Waals surface area contributed by atoms with Gasteiger partial charge in [0.1, 0.15) is 0 Å². The summed E-state index contributed by atoms with van der Waals surface area (Å²) in [7, 11) is 0. The number of ether oxygens (including phenoxy) is 1. The summed E-state index contributed by atoms with van der Waals surface area (Å²) < 4.78 is 10.7. The van der Waals surface area contributed by atoms with Crippen LogP contribution in [0, 0.1) is 0 Å². The number of hydrogen-bond acceptors (Lipinski definition) is 5. The molecule has 1 unspecified atom stereocenters. The van der Waals surface area contributed by atoms with E-state index in [1.165, 1.54) is 0 Å². The first kappa shape index (κ1) is 11.5. The van der Waals surface area contributed by atoms with Crippen LogP contribution >= 0.6 is 0 Å². The minimum Gasteiger partial charge on any atom is -0.378 e. The Bertz CT molecular complexity index is 319. The first-order chi connectivity index (χ1) is 7.74. The average Bonchev–Trinajstić information content (AvgIpc) is 2.87. The molecule has 5 nitrogen and oxygen atoms in total. The van der Waals surface area contributed by atoms with Gasteiger partial charge in [0.25, 0.3) is 0 Å². The van der Waals surface area contributed by atoms with E-state index in [0.29, 0.717) is 18.5 Å². The number of hydrogen-bond donors (Lipinski definition) is 1. The van der Waals surface area contributed by atoms with Crippen LogP contribution in [0.1, 0.15) is 38.4 Å². The predicted octanol–water partition coefficient (Wildman–Crippen LogP) is 1.29. The minimum absolute atomic E-state index is 0.270. The zero-order valence-electron chi connectivity index (χ0n) is 9.90. The molecule has 2 heterocycles. The van der Waals surface area contributed by atoms with E-state index in [2.05, 4.69) is 29.3 Å². The molecule has 1 aliphatic rings. The molecule has 2 rings (SSSR count). The van der Waals surface area contributed by atoms with Gasteiger partial charge < -0.3 is 14.6 Å². The Morgan fingerprint density at radius 3 is 3.06 bits per heavy atom. The van der Waals surface area contributed by atoms with Gasteiger partial charge in [-0.1, -0.05) is 19.0 Å². The lowest BCUT2D eigenvalue weighted by Gasteiger charge is -2.04. The molecule has 0 aliphatic carbocycles. The minimum atomic E-state index is 0.270. The van der Waals surface area contributed by atoms with Crippen molar-refractivity contribution in [1.29, 1.82) is 0 Å². The summed E-state index contributed by atoms with van der Waals surface area (Å²) in [5.41, 5.74) is 0. The molecule has 16 heavy (non-hydrogen) atoms. The first-order valence-corrected chi connectivity index (χ1v) is 5.90. The van der Waals surface area contributed by atoms with E-state index in [1.807, 2.05) is 0 Å². The summed E-state index contributed by atoms with van der Waals surface area (Å²) in [6, 6.07) is 0.431. The first-order valence-electron chi connectivity index (χ1n) is 5.90. The van der Waals surface area contributed by atoms with Gasteiger partial charge in [-0.05, 0) is 12.8 Å². The van der Waals surface area contributed by atoms with E-state index in [1.54, 1.807) is 0 Å². The molecule has 0 saturated carbocycles. The third-order valence-electron chi connectivity index (χ3n) is 2.60. The van der Waals surface area contributed by atoms with Crippen LogP contribution in [0.15, 0.2) is 4.52 Å². The topological polar surface area (TPSA) is 60.2 Å². The van der Waals surface area contributed by atoms with Crippen LogP contribution in [-0.2, 0) is 17.7 Å². The van der Waals surface area contributed by atoms with Gasteiger partial charge in [0.05, 0.1) is 19.1 Å². The van der Waals surface area contributed by atoms with E-state index < -0.39 is 0 Å². The molecule has 90 valence electrons. The Kier molecular flexibility index (Phi) is 3.90. The molecule has 0 aromatic carbocycles. The molecule has 0 bridgehead atoms. The lowest BCUT2D eigenvalue weighted by atomic mass is 10.2. The van der Waals surface area contributed by atoms with Crippen molar-refractivity contribution < 1.29 is 9.26 Å². The maximum Gasteiger partial charge on any atom is 0.229 e. The van der Waals surface area contributed by atoms with Crippen molar-refractivity contribution in [2.24, 2.45) is 0 Å². The molecule has 1 aromatic rings. The zero-order valence-corrected chi connectivity index (χ0v) is 9.90. The Hall–Kier alpha value is -0.940. The van der Waals surface area contributed by atoms with Crippen molar-refractivity contribution in [1.82, 2.24) is 15.5 Å². The van der Waals surface area contributed by atoms with Crippen molar-refractivity contribution in [2.45, 2.75) is 51.8 Å². The van der Waals surface area contributed by atoms with Crippen LogP contribution in [0.5, 0.6) is 0 Å². The van der Waals surface area contributed by atoms with Crippen LogP contribution in [0.2, 0.25) is 0 Å². The summed E-state index contributed by atoms with van der Waals surface area (Å²) in [6.07, 6.45) is 3.25.